The van der Waals surface area contributed by atoms with Crippen molar-refractivity contribution in [3.05, 3.63) is 52.9 Å². The minimum atomic E-state index is -0.268. The van der Waals surface area contributed by atoms with Gasteiger partial charge in [0, 0.05) is 30.4 Å². The Morgan fingerprint density at radius 2 is 2.17 bits per heavy atom. The number of nitrogens with zero attached hydrogens (tertiary/aromatic N) is 1. The first-order chi connectivity index (χ1) is 17.1. The van der Waals surface area contributed by atoms with Crippen LogP contribution in [0.25, 0.3) is 11.3 Å². The van der Waals surface area contributed by atoms with Crippen LogP contribution in [-0.4, -0.2) is 61.6 Å². The molecule has 184 valence electrons. The highest BCUT2D eigenvalue weighted by atomic mass is 35.5. The molecular weight excluding hydrogens is 472 g/mol. The van der Waals surface area contributed by atoms with Crippen molar-refractivity contribution in [2.45, 2.75) is 25.6 Å². The van der Waals surface area contributed by atoms with Gasteiger partial charge >= 0.3 is 0 Å². The first-order valence-corrected chi connectivity index (χ1v) is 11.9. The lowest BCUT2D eigenvalue weighted by Crippen LogP contribution is -2.40. The Labute approximate surface area is 208 Å². The zero-order valence-corrected chi connectivity index (χ0v) is 20.3. The maximum Gasteiger partial charge on any atom is 0.255 e. The average Bonchev–Trinajstić information content (AvgIpc) is 3.24. The fourth-order valence-electron chi connectivity index (χ4n) is 4.39. The molecule has 0 radical (unpaired) electrons. The normalized spacial score (nSPS) is 18.4. The second kappa shape index (κ2) is 10.2. The molecule has 0 unspecified atom stereocenters. The summed E-state index contributed by atoms with van der Waals surface area (Å²) in [6.45, 7) is 4.08. The molecule has 5 rings (SSSR count). The van der Waals surface area contributed by atoms with E-state index in [1.165, 1.54) is 0 Å². The molecule has 1 aromatic carbocycles. The highest BCUT2D eigenvalue weighted by molar-refractivity contribution is 6.32. The first kappa shape index (κ1) is 23.5. The third-order valence-corrected chi connectivity index (χ3v) is 6.43. The van der Waals surface area contributed by atoms with Crippen molar-refractivity contribution in [2.75, 3.05) is 38.8 Å². The lowest BCUT2D eigenvalue weighted by atomic mass is 10.0. The summed E-state index contributed by atoms with van der Waals surface area (Å²) in [4.78, 5) is 20.7. The Hall–Kier alpha value is -3.27. The first-order valence-electron chi connectivity index (χ1n) is 11.5. The molecule has 0 bridgehead atoms. The standard InChI is InChI=1S/C25H27ClN4O5/c1-14(20-13-33-10-11-34-20)35-19-12-27-8-6-15(19)22-23(21-17(29-22)7-9-28-25(21)31)30-18-5-3-4-16(26)24(18)32-2/h3-6,8,12,14,20,29-30H,7,9-11,13H2,1-2H3,(H,28,31)/t14-,20+/m0/s1. The quantitative estimate of drug-likeness (QED) is 0.452. The number of carbonyl (C=O) groups excluding carboxylic acids is 1. The van der Waals surface area contributed by atoms with Gasteiger partial charge < -0.3 is 34.6 Å². The van der Waals surface area contributed by atoms with Crippen LogP contribution in [0.2, 0.25) is 5.02 Å². The molecule has 9 nitrogen and oxygen atoms in total. The van der Waals surface area contributed by atoms with E-state index in [2.05, 4.69) is 20.6 Å². The Balaban J connectivity index is 1.57. The van der Waals surface area contributed by atoms with E-state index in [-0.39, 0.29) is 18.1 Å². The number of pyridine rings is 1. The van der Waals surface area contributed by atoms with Gasteiger partial charge in [-0.2, -0.15) is 0 Å². The number of rotatable bonds is 7. The highest BCUT2D eigenvalue weighted by Crippen LogP contribution is 2.43. The van der Waals surface area contributed by atoms with E-state index < -0.39 is 0 Å². The molecule has 3 N–H and O–H groups in total. The number of nitrogens with one attached hydrogen (secondary N) is 3. The summed E-state index contributed by atoms with van der Waals surface area (Å²) >= 11 is 6.35. The summed E-state index contributed by atoms with van der Waals surface area (Å²) in [6, 6.07) is 7.27. The van der Waals surface area contributed by atoms with Gasteiger partial charge in [0.1, 0.15) is 18.0 Å². The summed E-state index contributed by atoms with van der Waals surface area (Å²) in [5, 5.41) is 6.78. The number of fused-ring (bicyclic) bond motifs is 1. The van der Waals surface area contributed by atoms with Gasteiger partial charge in [-0.05, 0) is 25.1 Å². The van der Waals surface area contributed by atoms with E-state index in [1.807, 2.05) is 25.1 Å². The minimum absolute atomic E-state index is 0.158. The zero-order chi connectivity index (χ0) is 24.4. The van der Waals surface area contributed by atoms with Crippen molar-refractivity contribution in [1.29, 1.82) is 0 Å². The molecule has 2 aliphatic heterocycles. The number of halogens is 1. The van der Waals surface area contributed by atoms with E-state index >= 15 is 0 Å². The third-order valence-electron chi connectivity index (χ3n) is 6.13. The number of ether oxygens (including phenoxy) is 4. The smallest absolute Gasteiger partial charge is 0.255 e. The third kappa shape index (κ3) is 4.67. The number of H-pyrrole nitrogens is 1. The van der Waals surface area contributed by atoms with Crippen molar-refractivity contribution >= 4 is 28.9 Å². The van der Waals surface area contributed by atoms with Crippen molar-refractivity contribution in [2.24, 2.45) is 0 Å². The largest absolute Gasteiger partial charge is 0.493 e. The van der Waals surface area contributed by atoms with Crippen LogP contribution in [0.1, 0.15) is 23.0 Å². The molecule has 0 saturated carbocycles. The Morgan fingerprint density at radius 3 is 2.97 bits per heavy atom. The number of aromatic nitrogens is 2. The second-order valence-corrected chi connectivity index (χ2v) is 8.77. The number of aromatic amines is 1. The Morgan fingerprint density at radius 1 is 1.29 bits per heavy atom. The van der Waals surface area contributed by atoms with Gasteiger partial charge in [-0.1, -0.05) is 17.7 Å². The number of para-hydroxylation sites is 1. The van der Waals surface area contributed by atoms with Crippen molar-refractivity contribution in [3.63, 3.8) is 0 Å². The van der Waals surface area contributed by atoms with Crippen LogP contribution in [0.3, 0.4) is 0 Å². The number of anilines is 2. The molecule has 35 heavy (non-hydrogen) atoms. The van der Waals surface area contributed by atoms with Crippen LogP contribution < -0.4 is 20.1 Å². The summed E-state index contributed by atoms with van der Waals surface area (Å²) < 4.78 is 23.2. The van der Waals surface area contributed by atoms with Gasteiger partial charge in [-0.3, -0.25) is 9.78 Å². The van der Waals surface area contributed by atoms with Crippen LogP contribution in [0.4, 0.5) is 11.4 Å². The number of carbonyl (C=O) groups is 1. The SMILES string of the molecule is COc1c(Cl)cccc1Nc1c(-c2ccncc2O[C@@H](C)[C@H]2COCCO2)[nH]c2c1C(=O)NCC2. The van der Waals surface area contributed by atoms with Crippen LogP contribution in [-0.2, 0) is 15.9 Å². The van der Waals surface area contributed by atoms with E-state index in [4.69, 9.17) is 30.5 Å². The lowest BCUT2D eigenvalue weighted by molar-refractivity contribution is -0.122. The molecule has 4 heterocycles. The number of hydrogen-bond acceptors (Lipinski definition) is 7. The highest BCUT2D eigenvalue weighted by Gasteiger charge is 2.30. The summed E-state index contributed by atoms with van der Waals surface area (Å²) in [6.07, 6.45) is 3.58. The van der Waals surface area contributed by atoms with Gasteiger partial charge in [0.05, 0.1) is 60.8 Å². The van der Waals surface area contributed by atoms with E-state index in [9.17, 15) is 4.79 Å². The van der Waals surface area contributed by atoms with Gasteiger partial charge in [0.2, 0.25) is 0 Å². The molecule has 1 fully saturated rings. The average molecular weight is 499 g/mol. The number of methoxy groups -OCH3 is 1. The predicted molar refractivity (Wildman–Crippen MR) is 132 cm³/mol. The Kier molecular flexibility index (Phi) is 6.81. The fourth-order valence-corrected chi connectivity index (χ4v) is 4.64. The van der Waals surface area contributed by atoms with Crippen LogP contribution in [0.15, 0.2) is 36.7 Å². The molecule has 2 aromatic heterocycles. The molecule has 10 heteroatoms. The maximum atomic E-state index is 12.9. The molecule has 3 aromatic rings. The second-order valence-electron chi connectivity index (χ2n) is 8.36. The van der Waals surface area contributed by atoms with Crippen molar-refractivity contribution in [1.82, 2.24) is 15.3 Å². The molecule has 2 atom stereocenters. The van der Waals surface area contributed by atoms with E-state index in [0.29, 0.717) is 71.9 Å². The van der Waals surface area contributed by atoms with Gasteiger partial charge in [-0.25, -0.2) is 0 Å². The van der Waals surface area contributed by atoms with Crippen LogP contribution >= 0.6 is 11.6 Å². The predicted octanol–water partition coefficient (Wildman–Crippen LogP) is 3.95. The van der Waals surface area contributed by atoms with Gasteiger partial charge in [0.15, 0.2) is 5.75 Å². The van der Waals surface area contributed by atoms with Gasteiger partial charge in [0.25, 0.3) is 5.91 Å². The van der Waals surface area contributed by atoms with Crippen molar-refractivity contribution < 1.29 is 23.7 Å². The summed E-state index contributed by atoms with van der Waals surface area (Å²) in [5.41, 5.74) is 4.10. The zero-order valence-electron chi connectivity index (χ0n) is 19.5. The molecule has 1 saturated heterocycles. The molecular formula is C25H27ClN4O5. The topological polar surface area (TPSA) is 107 Å². The number of hydrogen-bond donors (Lipinski definition) is 3. The number of amides is 1. The summed E-state index contributed by atoms with van der Waals surface area (Å²) in [5.74, 6) is 0.893. The molecule has 2 aliphatic rings. The molecule has 1 amide bonds. The number of benzene rings is 1. The monoisotopic (exact) mass is 498 g/mol. The van der Waals surface area contributed by atoms with Crippen LogP contribution in [0, 0.1) is 0 Å². The minimum Gasteiger partial charge on any atom is -0.493 e. The lowest BCUT2D eigenvalue weighted by Gasteiger charge is -2.29. The Bertz CT molecular complexity index is 1220. The van der Waals surface area contributed by atoms with Crippen LogP contribution in [0.5, 0.6) is 11.5 Å². The van der Waals surface area contributed by atoms with E-state index in [1.54, 1.807) is 25.6 Å². The summed E-state index contributed by atoms with van der Waals surface area (Å²) in [7, 11) is 1.56. The molecule has 0 spiro atoms. The fraction of sp³-hybridized carbons (Fsp3) is 0.360. The van der Waals surface area contributed by atoms with Gasteiger partial charge in [-0.15, -0.1) is 0 Å². The molecule has 0 aliphatic carbocycles. The van der Waals surface area contributed by atoms with Crippen molar-refractivity contribution in [3.8, 4) is 22.8 Å². The van der Waals surface area contributed by atoms with E-state index in [0.717, 1.165) is 11.3 Å². The maximum absolute atomic E-state index is 12.9.